The van der Waals surface area contributed by atoms with E-state index in [0.717, 1.165) is 37.1 Å². The Morgan fingerprint density at radius 1 is 1.29 bits per heavy atom. The van der Waals surface area contributed by atoms with Crippen molar-refractivity contribution in [1.29, 1.82) is 0 Å². The number of nitrogens with one attached hydrogen (secondary N) is 1. The van der Waals surface area contributed by atoms with Gasteiger partial charge in [0, 0.05) is 51.2 Å². The summed E-state index contributed by atoms with van der Waals surface area (Å²) in [4.78, 5) is 11.3. The summed E-state index contributed by atoms with van der Waals surface area (Å²) in [6.07, 6.45) is 9.09. The molecule has 1 aliphatic rings. The van der Waals surface area contributed by atoms with Crippen LogP contribution in [0.2, 0.25) is 0 Å². The third-order valence-electron chi connectivity index (χ3n) is 4.38. The summed E-state index contributed by atoms with van der Waals surface area (Å²) in [5.74, 6) is 1.57. The summed E-state index contributed by atoms with van der Waals surface area (Å²) in [6, 6.07) is 0.574. The zero-order chi connectivity index (χ0) is 15.1. The number of ether oxygens (including phenoxy) is 1. The Bertz CT molecular complexity index is 409. The first-order valence-corrected chi connectivity index (χ1v) is 7.95. The Hall–Kier alpha value is -1.20. The van der Waals surface area contributed by atoms with Crippen LogP contribution in [0.4, 0.5) is 5.95 Å². The van der Waals surface area contributed by atoms with E-state index in [1.807, 2.05) is 12.4 Å². The van der Waals surface area contributed by atoms with E-state index in [1.54, 1.807) is 7.11 Å². The van der Waals surface area contributed by atoms with Crippen LogP contribution in [0, 0.1) is 5.92 Å². The fraction of sp³-hybridized carbons (Fsp3) is 0.750. The van der Waals surface area contributed by atoms with Crippen molar-refractivity contribution in [2.24, 2.45) is 5.92 Å². The molecule has 0 aliphatic heterocycles. The summed E-state index contributed by atoms with van der Waals surface area (Å²) in [5, 5.41) is 3.30. The minimum Gasteiger partial charge on any atom is -0.383 e. The van der Waals surface area contributed by atoms with E-state index in [9.17, 15) is 0 Å². The maximum atomic E-state index is 5.01. The molecule has 1 aromatic rings. The number of hydrogen-bond acceptors (Lipinski definition) is 5. The van der Waals surface area contributed by atoms with Crippen molar-refractivity contribution in [3.05, 3.63) is 18.0 Å². The molecule has 1 fully saturated rings. The van der Waals surface area contributed by atoms with Gasteiger partial charge in [-0.2, -0.15) is 0 Å². The van der Waals surface area contributed by atoms with Gasteiger partial charge in [0.1, 0.15) is 0 Å². The van der Waals surface area contributed by atoms with Crippen molar-refractivity contribution in [3.63, 3.8) is 0 Å². The van der Waals surface area contributed by atoms with Crippen molar-refractivity contribution in [1.82, 2.24) is 15.3 Å². The normalized spacial score (nSPS) is 22.2. The highest BCUT2D eigenvalue weighted by Crippen LogP contribution is 2.28. The molecule has 0 saturated heterocycles. The summed E-state index contributed by atoms with van der Waals surface area (Å²) in [5.41, 5.74) is 1.11. The van der Waals surface area contributed by atoms with E-state index >= 15 is 0 Å². The van der Waals surface area contributed by atoms with Gasteiger partial charge in [-0.1, -0.05) is 19.8 Å². The van der Waals surface area contributed by atoms with Crippen LogP contribution in [0.3, 0.4) is 0 Å². The lowest BCUT2D eigenvalue weighted by molar-refractivity contribution is 0.199. The van der Waals surface area contributed by atoms with Crippen LogP contribution in [0.1, 0.15) is 38.2 Å². The smallest absolute Gasteiger partial charge is 0.225 e. The van der Waals surface area contributed by atoms with E-state index in [1.165, 1.54) is 25.7 Å². The molecule has 1 heterocycles. The minimum absolute atomic E-state index is 0.574. The summed E-state index contributed by atoms with van der Waals surface area (Å²) >= 11 is 0. The second-order valence-corrected chi connectivity index (χ2v) is 6.00. The van der Waals surface area contributed by atoms with Gasteiger partial charge in [-0.05, 0) is 18.8 Å². The highest BCUT2D eigenvalue weighted by molar-refractivity contribution is 5.30. The molecule has 0 spiro atoms. The van der Waals surface area contributed by atoms with Crippen LogP contribution in [-0.2, 0) is 11.3 Å². The molecule has 5 nitrogen and oxygen atoms in total. The second kappa shape index (κ2) is 8.29. The molecule has 0 bridgehead atoms. The molecule has 2 rings (SSSR count). The molecule has 1 N–H and O–H groups in total. The van der Waals surface area contributed by atoms with Crippen LogP contribution in [0.15, 0.2) is 12.4 Å². The standard InChI is InChI=1S/C16H28N4O/c1-13-6-4-5-7-15(13)20(2)16-18-11-14(12-19-16)10-17-8-9-21-3/h11-13,15,17H,4-10H2,1-3H3. The monoisotopic (exact) mass is 292 g/mol. The Morgan fingerprint density at radius 3 is 2.67 bits per heavy atom. The van der Waals surface area contributed by atoms with Gasteiger partial charge >= 0.3 is 0 Å². The van der Waals surface area contributed by atoms with Crippen LogP contribution in [0.25, 0.3) is 0 Å². The molecule has 0 amide bonds. The fourth-order valence-electron chi connectivity index (χ4n) is 3.05. The molecule has 118 valence electrons. The largest absolute Gasteiger partial charge is 0.383 e. The molecule has 21 heavy (non-hydrogen) atoms. The first-order valence-electron chi connectivity index (χ1n) is 7.95. The van der Waals surface area contributed by atoms with E-state index in [4.69, 9.17) is 4.74 Å². The fourth-order valence-corrected chi connectivity index (χ4v) is 3.05. The van der Waals surface area contributed by atoms with E-state index in [-0.39, 0.29) is 0 Å². The van der Waals surface area contributed by atoms with Gasteiger partial charge in [0.25, 0.3) is 0 Å². The van der Waals surface area contributed by atoms with Gasteiger partial charge in [-0.3, -0.25) is 0 Å². The lowest BCUT2D eigenvalue weighted by Crippen LogP contribution is -2.39. The first-order chi connectivity index (χ1) is 10.2. The van der Waals surface area contributed by atoms with Gasteiger partial charge < -0.3 is 15.0 Å². The van der Waals surface area contributed by atoms with Gasteiger partial charge in [-0.25, -0.2) is 9.97 Å². The lowest BCUT2D eigenvalue weighted by Gasteiger charge is -2.36. The number of rotatable bonds is 7. The average Bonchev–Trinajstić information content (AvgIpc) is 2.52. The zero-order valence-corrected chi connectivity index (χ0v) is 13.5. The third kappa shape index (κ3) is 4.64. The molecule has 5 heteroatoms. The predicted octanol–water partition coefficient (Wildman–Crippen LogP) is 2.23. The predicted molar refractivity (Wildman–Crippen MR) is 85.4 cm³/mol. The Morgan fingerprint density at radius 2 is 2.00 bits per heavy atom. The SMILES string of the molecule is COCCNCc1cnc(N(C)C2CCCCC2C)nc1. The molecule has 2 unspecified atom stereocenters. The van der Waals surface area contributed by atoms with Crippen LogP contribution >= 0.6 is 0 Å². The second-order valence-electron chi connectivity index (χ2n) is 6.00. The zero-order valence-electron chi connectivity index (χ0n) is 13.5. The number of anilines is 1. The Kier molecular flexibility index (Phi) is 6.39. The summed E-state index contributed by atoms with van der Waals surface area (Å²) in [7, 11) is 3.83. The van der Waals surface area contributed by atoms with E-state index < -0.39 is 0 Å². The van der Waals surface area contributed by atoms with Crippen LogP contribution in [0.5, 0.6) is 0 Å². The first kappa shape index (κ1) is 16.2. The molecule has 1 aliphatic carbocycles. The average molecular weight is 292 g/mol. The number of hydrogen-bond donors (Lipinski definition) is 1. The molecule has 1 saturated carbocycles. The molecular weight excluding hydrogens is 264 g/mol. The Balaban J connectivity index is 1.88. The van der Waals surface area contributed by atoms with Crippen molar-refractivity contribution >= 4 is 5.95 Å². The van der Waals surface area contributed by atoms with Gasteiger partial charge in [-0.15, -0.1) is 0 Å². The van der Waals surface area contributed by atoms with Crippen molar-refractivity contribution < 1.29 is 4.74 Å². The Labute approximate surface area is 128 Å². The molecular formula is C16H28N4O. The van der Waals surface area contributed by atoms with Gasteiger partial charge in [0.15, 0.2) is 0 Å². The van der Waals surface area contributed by atoms with Crippen molar-refractivity contribution in [2.75, 3.05) is 32.2 Å². The molecule has 0 radical (unpaired) electrons. The minimum atomic E-state index is 0.574. The molecule has 1 aromatic heterocycles. The van der Waals surface area contributed by atoms with Crippen molar-refractivity contribution in [2.45, 2.75) is 45.2 Å². The van der Waals surface area contributed by atoms with E-state index in [0.29, 0.717) is 6.04 Å². The molecule has 0 aromatic carbocycles. The maximum absolute atomic E-state index is 5.01. The van der Waals surface area contributed by atoms with Crippen LogP contribution in [-0.4, -0.2) is 43.3 Å². The third-order valence-corrected chi connectivity index (χ3v) is 4.38. The summed E-state index contributed by atoms with van der Waals surface area (Å²) in [6.45, 7) is 4.70. The maximum Gasteiger partial charge on any atom is 0.225 e. The lowest BCUT2D eigenvalue weighted by atomic mass is 9.85. The van der Waals surface area contributed by atoms with Gasteiger partial charge in [0.2, 0.25) is 5.95 Å². The molecule has 2 atom stereocenters. The highest BCUT2D eigenvalue weighted by atomic mass is 16.5. The van der Waals surface area contributed by atoms with Crippen LogP contribution < -0.4 is 10.2 Å². The summed E-state index contributed by atoms with van der Waals surface area (Å²) < 4.78 is 5.01. The van der Waals surface area contributed by atoms with E-state index in [2.05, 4.69) is 34.2 Å². The highest BCUT2D eigenvalue weighted by Gasteiger charge is 2.26. The van der Waals surface area contributed by atoms with Gasteiger partial charge in [0.05, 0.1) is 6.61 Å². The number of aromatic nitrogens is 2. The number of methoxy groups -OCH3 is 1. The topological polar surface area (TPSA) is 50.3 Å². The quantitative estimate of drug-likeness (QED) is 0.781. The number of nitrogens with zero attached hydrogens (tertiary/aromatic N) is 3. The van der Waals surface area contributed by atoms with Crippen molar-refractivity contribution in [3.8, 4) is 0 Å².